The number of imide groups is 1. The van der Waals surface area contributed by atoms with Crippen molar-refractivity contribution in [3.63, 3.8) is 0 Å². The molecule has 8 nitrogen and oxygen atoms in total. The maximum absolute atomic E-state index is 13.2. The molecule has 0 fully saturated rings. The number of nitrogens with zero attached hydrogens (tertiary/aromatic N) is 3. The Kier molecular flexibility index (Phi) is 5.50. The first-order valence-electron chi connectivity index (χ1n) is 10.0. The average Bonchev–Trinajstić information content (AvgIpc) is 3.02. The Morgan fingerprint density at radius 1 is 0.909 bits per heavy atom. The Morgan fingerprint density at radius 2 is 1.55 bits per heavy atom. The van der Waals surface area contributed by atoms with Crippen LogP contribution in [-0.4, -0.2) is 30.2 Å². The number of hydrogen-bond donors (Lipinski definition) is 1. The van der Waals surface area contributed by atoms with Crippen molar-refractivity contribution < 1.29 is 18.0 Å². The van der Waals surface area contributed by atoms with Crippen LogP contribution >= 0.6 is 11.6 Å². The molecule has 0 aliphatic carbocycles. The van der Waals surface area contributed by atoms with Crippen LogP contribution in [0.5, 0.6) is 0 Å². The SMILES string of the molecule is Cc1cnc(N2C(=O)c3c(Cl)ccc(NS(=O)(=O)c4ccc(C(C)(C)C)cc4)c3C2=O)cn1. The molecule has 1 N–H and O–H groups in total. The quantitative estimate of drug-likeness (QED) is 0.552. The van der Waals surface area contributed by atoms with Crippen LogP contribution in [0.15, 0.2) is 53.7 Å². The van der Waals surface area contributed by atoms with Gasteiger partial charge in [-0.15, -0.1) is 0 Å². The Bertz CT molecular complexity index is 1380. The van der Waals surface area contributed by atoms with Gasteiger partial charge in [-0.3, -0.25) is 19.3 Å². The maximum Gasteiger partial charge on any atom is 0.269 e. The smallest absolute Gasteiger partial charge is 0.269 e. The molecule has 1 aliphatic heterocycles. The molecule has 2 heterocycles. The molecule has 0 atom stereocenters. The number of carbonyl (C=O) groups is 2. The normalized spacial score (nSPS) is 13.9. The Balaban J connectivity index is 1.73. The number of fused-ring (bicyclic) bond motifs is 1. The molecule has 4 rings (SSSR count). The number of anilines is 2. The molecule has 3 aromatic rings. The summed E-state index contributed by atoms with van der Waals surface area (Å²) in [5.74, 6) is -1.42. The topological polar surface area (TPSA) is 109 Å². The number of hydrogen-bond acceptors (Lipinski definition) is 6. The average molecular weight is 485 g/mol. The number of amides is 2. The van der Waals surface area contributed by atoms with E-state index >= 15 is 0 Å². The summed E-state index contributed by atoms with van der Waals surface area (Å²) in [5, 5.41) is 0.0309. The van der Waals surface area contributed by atoms with Crippen molar-refractivity contribution in [1.29, 1.82) is 0 Å². The monoisotopic (exact) mass is 484 g/mol. The molecule has 1 aromatic heterocycles. The molecular weight excluding hydrogens is 464 g/mol. The summed E-state index contributed by atoms with van der Waals surface area (Å²) in [5.41, 5.74) is 1.18. The van der Waals surface area contributed by atoms with Crippen LogP contribution in [0.25, 0.3) is 0 Å². The summed E-state index contributed by atoms with van der Waals surface area (Å²) in [6.07, 6.45) is 2.72. The lowest BCUT2D eigenvalue weighted by Crippen LogP contribution is -2.30. The molecule has 2 amide bonds. The highest BCUT2D eigenvalue weighted by Gasteiger charge is 2.42. The first kappa shape index (κ1) is 22.9. The van der Waals surface area contributed by atoms with E-state index in [1.54, 1.807) is 19.1 Å². The van der Waals surface area contributed by atoms with Gasteiger partial charge in [-0.2, -0.15) is 0 Å². The predicted octanol–water partition coefficient (Wildman–Crippen LogP) is 4.34. The lowest BCUT2D eigenvalue weighted by Gasteiger charge is -2.19. The van der Waals surface area contributed by atoms with Crippen LogP contribution in [0, 0.1) is 6.92 Å². The van der Waals surface area contributed by atoms with E-state index in [0.717, 1.165) is 10.5 Å². The number of nitrogens with one attached hydrogen (secondary N) is 1. The second kappa shape index (κ2) is 7.93. The van der Waals surface area contributed by atoms with Gasteiger partial charge < -0.3 is 0 Å². The van der Waals surface area contributed by atoms with Crippen molar-refractivity contribution >= 4 is 44.9 Å². The molecule has 2 aromatic carbocycles. The summed E-state index contributed by atoms with van der Waals surface area (Å²) in [6.45, 7) is 7.80. The minimum atomic E-state index is -4.04. The fourth-order valence-corrected chi connectivity index (χ4v) is 4.77. The number of benzene rings is 2. The van der Waals surface area contributed by atoms with E-state index < -0.39 is 21.8 Å². The van der Waals surface area contributed by atoms with Crippen molar-refractivity contribution in [3.8, 4) is 0 Å². The second-order valence-electron chi connectivity index (χ2n) is 8.69. The van der Waals surface area contributed by atoms with Gasteiger partial charge >= 0.3 is 0 Å². The third-order valence-electron chi connectivity index (χ3n) is 5.26. The molecular formula is C23H21ClN4O4S. The predicted molar refractivity (Wildman–Crippen MR) is 125 cm³/mol. The minimum absolute atomic E-state index is 0.0226. The van der Waals surface area contributed by atoms with Gasteiger partial charge in [0.05, 0.1) is 44.8 Å². The number of aromatic nitrogens is 2. The molecule has 0 bridgehead atoms. The number of aryl methyl sites for hydroxylation is 1. The van der Waals surface area contributed by atoms with Gasteiger partial charge in [0.15, 0.2) is 5.82 Å². The zero-order chi connectivity index (χ0) is 24.1. The third-order valence-corrected chi connectivity index (χ3v) is 6.96. The molecule has 0 radical (unpaired) electrons. The van der Waals surface area contributed by atoms with Crippen LogP contribution < -0.4 is 9.62 Å². The summed E-state index contributed by atoms with van der Waals surface area (Å²) >= 11 is 6.22. The Morgan fingerprint density at radius 3 is 2.12 bits per heavy atom. The lowest BCUT2D eigenvalue weighted by molar-refractivity contribution is 0.0925. The molecule has 0 saturated carbocycles. The molecule has 33 heavy (non-hydrogen) atoms. The number of sulfonamides is 1. The van der Waals surface area contributed by atoms with E-state index in [4.69, 9.17) is 11.6 Å². The second-order valence-corrected chi connectivity index (χ2v) is 10.8. The van der Waals surface area contributed by atoms with Gasteiger partial charge in [0.2, 0.25) is 0 Å². The molecule has 170 valence electrons. The fraction of sp³-hybridized carbons (Fsp3) is 0.217. The lowest BCUT2D eigenvalue weighted by atomic mass is 9.87. The van der Waals surface area contributed by atoms with Crippen molar-refractivity contribution in [2.75, 3.05) is 9.62 Å². The van der Waals surface area contributed by atoms with Gasteiger partial charge in [-0.25, -0.2) is 18.3 Å². The van der Waals surface area contributed by atoms with Crippen LogP contribution in [0.2, 0.25) is 5.02 Å². The molecule has 0 saturated heterocycles. The molecule has 0 spiro atoms. The molecule has 1 aliphatic rings. The largest absolute Gasteiger partial charge is 0.279 e. The van der Waals surface area contributed by atoms with E-state index in [1.165, 1.54) is 36.7 Å². The van der Waals surface area contributed by atoms with E-state index in [0.29, 0.717) is 5.69 Å². The number of halogens is 1. The van der Waals surface area contributed by atoms with Crippen molar-refractivity contribution in [2.45, 2.75) is 38.0 Å². The van der Waals surface area contributed by atoms with E-state index in [1.807, 2.05) is 20.8 Å². The number of carbonyl (C=O) groups excluding carboxylic acids is 2. The highest BCUT2D eigenvalue weighted by atomic mass is 35.5. The molecule has 0 unspecified atom stereocenters. The van der Waals surface area contributed by atoms with Crippen LogP contribution in [0.3, 0.4) is 0 Å². The van der Waals surface area contributed by atoms with Gasteiger partial charge in [0.25, 0.3) is 21.8 Å². The highest BCUT2D eigenvalue weighted by Crippen LogP contribution is 2.37. The highest BCUT2D eigenvalue weighted by molar-refractivity contribution is 7.92. The van der Waals surface area contributed by atoms with Crippen LogP contribution in [0.1, 0.15) is 52.7 Å². The van der Waals surface area contributed by atoms with E-state index in [2.05, 4.69) is 14.7 Å². The Labute approximate surface area is 196 Å². The Hall–Kier alpha value is -3.30. The van der Waals surface area contributed by atoms with E-state index in [-0.39, 0.29) is 38.0 Å². The van der Waals surface area contributed by atoms with Gasteiger partial charge in [0.1, 0.15) is 0 Å². The van der Waals surface area contributed by atoms with Gasteiger partial charge in [-0.05, 0) is 42.2 Å². The van der Waals surface area contributed by atoms with Crippen molar-refractivity contribution in [1.82, 2.24) is 9.97 Å². The first-order valence-corrected chi connectivity index (χ1v) is 11.9. The molecule has 10 heteroatoms. The summed E-state index contributed by atoms with van der Waals surface area (Å²) in [7, 11) is -4.04. The summed E-state index contributed by atoms with van der Waals surface area (Å²) in [4.78, 5) is 35.2. The fourth-order valence-electron chi connectivity index (χ4n) is 3.46. The van der Waals surface area contributed by atoms with Crippen molar-refractivity contribution in [2.24, 2.45) is 0 Å². The minimum Gasteiger partial charge on any atom is -0.279 e. The van der Waals surface area contributed by atoms with Crippen molar-refractivity contribution in [3.05, 3.63) is 76.2 Å². The number of rotatable bonds is 4. The van der Waals surface area contributed by atoms with Gasteiger partial charge in [-0.1, -0.05) is 44.5 Å². The van der Waals surface area contributed by atoms with Crippen LogP contribution in [0.4, 0.5) is 11.5 Å². The summed E-state index contributed by atoms with van der Waals surface area (Å²) in [6, 6.07) is 9.22. The van der Waals surface area contributed by atoms with E-state index in [9.17, 15) is 18.0 Å². The standard InChI is InChI=1S/C23H21ClN4O4S/c1-13-11-26-18(12-25-13)28-21(29)19-16(24)9-10-17(20(19)22(28)30)27-33(31,32)15-7-5-14(6-8-15)23(2,3)4/h5-12,27H,1-4H3. The van der Waals surface area contributed by atoms with Gasteiger partial charge in [0, 0.05) is 0 Å². The summed E-state index contributed by atoms with van der Waals surface area (Å²) < 4.78 is 28.5. The zero-order valence-electron chi connectivity index (χ0n) is 18.4. The van der Waals surface area contributed by atoms with Crippen LogP contribution in [-0.2, 0) is 15.4 Å². The third kappa shape index (κ3) is 4.09. The zero-order valence-corrected chi connectivity index (χ0v) is 20.0. The maximum atomic E-state index is 13.2. The first-order chi connectivity index (χ1) is 15.4.